The van der Waals surface area contributed by atoms with E-state index in [0.29, 0.717) is 18.9 Å². The molecule has 1 unspecified atom stereocenters. The molecule has 0 saturated carbocycles. The second-order valence-corrected chi connectivity index (χ2v) is 3.84. The quantitative estimate of drug-likeness (QED) is 0.638. The maximum atomic E-state index is 11.0. The Balaban J connectivity index is 1.99. The molecule has 82 valence electrons. The molecule has 0 aromatic heterocycles. The minimum Gasteiger partial charge on any atom is -0.466 e. The lowest BCUT2D eigenvalue weighted by Crippen LogP contribution is -2.19. The second kappa shape index (κ2) is 6.82. The van der Waals surface area contributed by atoms with Crippen LogP contribution in [0.1, 0.15) is 39.0 Å². The van der Waals surface area contributed by atoms with Crippen molar-refractivity contribution in [3.8, 4) is 0 Å². The average Bonchev–Trinajstić information content (AvgIpc) is 2.20. The highest BCUT2D eigenvalue weighted by atomic mass is 16.5. The van der Waals surface area contributed by atoms with Crippen molar-refractivity contribution in [3.05, 3.63) is 0 Å². The average molecular weight is 200 g/mol. The Bertz CT molecular complexity index is 162. The SMILES string of the molecule is CCCC(=O)OCCC1CCCOC1. The Morgan fingerprint density at radius 2 is 2.43 bits per heavy atom. The van der Waals surface area contributed by atoms with Crippen molar-refractivity contribution in [1.29, 1.82) is 0 Å². The number of rotatable bonds is 5. The molecular weight excluding hydrogens is 180 g/mol. The molecule has 3 nitrogen and oxygen atoms in total. The fraction of sp³-hybridized carbons (Fsp3) is 0.909. The molecule has 1 rings (SSSR count). The van der Waals surface area contributed by atoms with Crippen LogP contribution in [0.2, 0.25) is 0 Å². The van der Waals surface area contributed by atoms with Gasteiger partial charge < -0.3 is 9.47 Å². The fourth-order valence-corrected chi connectivity index (χ4v) is 1.65. The zero-order valence-corrected chi connectivity index (χ0v) is 8.96. The van der Waals surface area contributed by atoms with Crippen LogP contribution in [0, 0.1) is 5.92 Å². The van der Waals surface area contributed by atoms with E-state index in [1.807, 2.05) is 6.92 Å². The van der Waals surface area contributed by atoms with E-state index in [1.165, 1.54) is 6.42 Å². The summed E-state index contributed by atoms with van der Waals surface area (Å²) in [5.74, 6) is 0.530. The normalized spacial score (nSPS) is 21.9. The van der Waals surface area contributed by atoms with Gasteiger partial charge in [0.05, 0.1) is 6.61 Å². The van der Waals surface area contributed by atoms with Crippen molar-refractivity contribution in [1.82, 2.24) is 0 Å². The molecular formula is C11H20O3. The molecule has 0 spiro atoms. The van der Waals surface area contributed by atoms with Gasteiger partial charge in [0.1, 0.15) is 0 Å². The molecule has 1 fully saturated rings. The summed E-state index contributed by atoms with van der Waals surface area (Å²) in [5, 5.41) is 0. The van der Waals surface area contributed by atoms with Gasteiger partial charge in [-0.1, -0.05) is 6.92 Å². The van der Waals surface area contributed by atoms with Crippen LogP contribution in [-0.2, 0) is 14.3 Å². The van der Waals surface area contributed by atoms with Crippen LogP contribution >= 0.6 is 0 Å². The van der Waals surface area contributed by atoms with Crippen LogP contribution in [0.5, 0.6) is 0 Å². The number of carbonyl (C=O) groups excluding carboxylic acids is 1. The van der Waals surface area contributed by atoms with Crippen molar-refractivity contribution in [3.63, 3.8) is 0 Å². The number of esters is 1. The van der Waals surface area contributed by atoms with Gasteiger partial charge in [0, 0.05) is 19.6 Å². The van der Waals surface area contributed by atoms with Crippen LogP contribution in [0.15, 0.2) is 0 Å². The smallest absolute Gasteiger partial charge is 0.305 e. The summed E-state index contributed by atoms with van der Waals surface area (Å²) in [6, 6.07) is 0. The zero-order chi connectivity index (χ0) is 10.2. The Morgan fingerprint density at radius 1 is 1.57 bits per heavy atom. The predicted octanol–water partition coefficient (Wildman–Crippen LogP) is 2.15. The summed E-state index contributed by atoms with van der Waals surface area (Å²) >= 11 is 0. The maximum Gasteiger partial charge on any atom is 0.305 e. The van der Waals surface area contributed by atoms with Crippen molar-refractivity contribution >= 4 is 5.97 Å². The van der Waals surface area contributed by atoms with Crippen molar-refractivity contribution < 1.29 is 14.3 Å². The highest BCUT2D eigenvalue weighted by molar-refractivity contribution is 5.69. The van der Waals surface area contributed by atoms with Crippen molar-refractivity contribution in [2.24, 2.45) is 5.92 Å². The standard InChI is InChI=1S/C11H20O3/c1-2-4-11(12)14-8-6-10-5-3-7-13-9-10/h10H,2-9H2,1H3. The van der Waals surface area contributed by atoms with Crippen molar-refractivity contribution in [2.45, 2.75) is 39.0 Å². The van der Waals surface area contributed by atoms with Crippen LogP contribution in [-0.4, -0.2) is 25.8 Å². The van der Waals surface area contributed by atoms with Gasteiger partial charge in [-0.15, -0.1) is 0 Å². The third-order valence-electron chi connectivity index (χ3n) is 2.50. The Morgan fingerprint density at radius 3 is 3.07 bits per heavy atom. The van der Waals surface area contributed by atoms with Gasteiger partial charge in [0.25, 0.3) is 0 Å². The van der Waals surface area contributed by atoms with E-state index in [4.69, 9.17) is 9.47 Å². The fourth-order valence-electron chi connectivity index (χ4n) is 1.65. The van der Waals surface area contributed by atoms with Crippen LogP contribution in [0.4, 0.5) is 0 Å². The molecule has 1 atom stereocenters. The molecule has 0 N–H and O–H groups in total. The Labute approximate surface area is 85.8 Å². The molecule has 0 bridgehead atoms. The van der Waals surface area contributed by atoms with E-state index in [1.54, 1.807) is 0 Å². The minimum absolute atomic E-state index is 0.0655. The van der Waals surface area contributed by atoms with E-state index in [-0.39, 0.29) is 5.97 Å². The molecule has 1 heterocycles. The molecule has 3 heteroatoms. The predicted molar refractivity (Wildman–Crippen MR) is 54.0 cm³/mol. The third-order valence-corrected chi connectivity index (χ3v) is 2.50. The molecule has 0 amide bonds. The topological polar surface area (TPSA) is 35.5 Å². The lowest BCUT2D eigenvalue weighted by atomic mass is 9.99. The summed E-state index contributed by atoms with van der Waals surface area (Å²) in [7, 11) is 0. The van der Waals surface area contributed by atoms with Gasteiger partial charge in [-0.2, -0.15) is 0 Å². The first kappa shape index (κ1) is 11.5. The lowest BCUT2D eigenvalue weighted by molar-refractivity contribution is -0.144. The molecule has 1 aliphatic rings. The third kappa shape index (κ3) is 4.61. The zero-order valence-electron chi connectivity index (χ0n) is 8.96. The van der Waals surface area contributed by atoms with Crippen LogP contribution < -0.4 is 0 Å². The van der Waals surface area contributed by atoms with Gasteiger partial charge in [0.15, 0.2) is 0 Å². The first-order valence-electron chi connectivity index (χ1n) is 5.56. The summed E-state index contributed by atoms with van der Waals surface area (Å²) in [6.07, 6.45) is 4.72. The monoisotopic (exact) mass is 200 g/mol. The molecule has 0 aromatic rings. The van der Waals surface area contributed by atoms with Gasteiger partial charge in [-0.25, -0.2) is 0 Å². The van der Waals surface area contributed by atoms with Gasteiger partial charge >= 0.3 is 5.97 Å². The number of carbonyl (C=O) groups is 1. The van der Waals surface area contributed by atoms with E-state index >= 15 is 0 Å². The van der Waals surface area contributed by atoms with Gasteiger partial charge in [-0.05, 0) is 31.6 Å². The molecule has 14 heavy (non-hydrogen) atoms. The summed E-state index contributed by atoms with van der Waals surface area (Å²) in [6.45, 7) is 4.28. The van der Waals surface area contributed by atoms with Crippen LogP contribution in [0.25, 0.3) is 0 Å². The number of ether oxygens (including phenoxy) is 2. The maximum absolute atomic E-state index is 11.0. The molecule has 0 aromatic carbocycles. The molecule has 0 radical (unpaired) electrons. The largest absolute Gasteiger partial charge is 0.466 e. The second-order valence-electron chi connectivity index (χ2n) is 3.84. The summed E-state index contributed by atoms with van der Waals surface area (Å²) < 4.78 is 10.4. The van der Waals surface area contributed by atoms with E-state index in [9.17, 15) is 4.79 Å². The first-order valence-corrected chi connectivity index (χ1v) is 5.56. The lowest BCUT2D eigenvalue weighted by Gasteiger charge is -2.21. The first-order chi connectivity index (χ1) is 6.83. The Hall–Kier alpha value is -0.570. The molecule has 1 aliphatic heterocycles. The van der Waals surface area contributed by atoms with Crippen LogP contribution in [0.3, 0.4) is 0 Å². The highest BCUT2D eigenvalue weighted by Crippen LogP contribution is 2.16. The van der Waals surface area contributed by atoms with Gasteiger partial charge in [-0.3, -0.25) is 4.79 Å². The number of hydrogen-bond donors (Lipinski definition) is 0. The summed E-state index contributed by atoms with van der Waals surface area (Å²) in [4.78, 5) is 11.0. The van der Waals surface area contributed by atoms with Crippen molar-refractivity contribution in [2.75, 3.05) is 19.8 Å². The minimum atomic E-state index is -0.0655. The number of hydrogen-bond acceptors (Lipinski definition) is 3. The summed E-state index contributed by atoms with van der Waals surface area (Å²) in [5.41, 5.74) is 0. The molecule has 1 saturated heterocycles. The molecule has 0 aliphatic carbocycles. The van der Waals surface area contributed by atoms with E-state index < -0.39 is 0 Å². The van der Waals surface area contributed by atoms with Gasteiger partial charge in [0.2, 0.25) is 0 Å². The Kier molecular flexibility index (Phi) is 5.60. The van der Waals surface area contributed by atoms with E-state index in [2.05, 4.69) is 0 Å². The van der Waals surface area contributed by atoms with E-state index in [0.717, 1.165) is 32.5 Å². The highest BCUT2D eigenvalue weighted by Gasteiger charge is 2.14.